The van der Waals surface area contributed by atoms with Crippen molar-refractivity contribution in [2.24, 2.45) is 0 Å². The Bertz CT molecular complexity index is 391. The third-order valence-corrected chi connectivity index (χ3v) is 3.04. The van der Waals surface area contributed by atoms with Gasteiger partial charge in [0.15, 0.2) is 0 Å². The van der Waals surface area contributed by atoms with Crippen LogP contribution in [0, 0.1) is 0 Å². The molecule has 0 aliphatic heterocycles. The molecule has 1 rings (SSSR count). The van der Waals surface area contributed by atoms with Crippen LogP contribution in [0.25, 0.3) is 0 Å². The summed E-state index contributed by atoms with van der Waals surface area (Å²) in [4.78, 5) is 11.7. The summed E-state index contributed by atoms with van der Waals surface area (Å²) in [5.74, 6) is 0.325. The summed E-state index contributed by atoms with van der Waals surface area (Å²) in [5, 5.41) is 0.539. The van der Waals surface area contributed by atoms with Crippen molar-refractivity contribution in [3.63, 3.8) is 0 Å². The number of esters is 1. The maximum atomic E-state index is 11.7. The molecule has 0 aliphatic rings. The molecule has 0 N–H and O–H groups in total. The van der Waals surface area contributed by atoms with Crippen molar-refractivity contribution in [2.45, 2.75) is 12.3 Å². The van der Waals surface area contributed by atoms with Crippen LogP contribution in [0.15, 0.2) is 16.6 Å². The molecule has 0 bridgehead atoms. The van der Waals surface area contributed by atoms with Gasteiger partial charge in [0.25, 0.3) is 0 Å². The highest BCUT2D eigenvalue weighted by atomic mass is 79.9. The summed E-state index contributed by atoms with van der Waals surface area (Å²) in [5.41, 5.74) is 1.31. The normalized spacial score (nSPS) is 10.0. The minimum atomic E-state index is -0.337. The van der Waals surface area contributed by atoms with Gasteiger partial charge in [-0.25, -0.2) is 4.79 Å². The molecule has 0 radical (unpaired) electrons. The number of hydrogen-bond acceptors (Lipinski definition) is 3. The predicted octanol–water partition coefficient (Wildman–Crippen LogP) is 3.53. The molecule has 0 fully saturated rings. The molecule has 5 heteroatoms. The van der Waals surface area contributed by atoms with Gasteiger partial charge in [-0.2, -0.15) is 0 Å². The van der Waals surface area contributed by atoms with Crippen molar-refractivity contribution in [1.29, 1.82) is 0 Å². The first-order valence-corrected chi connectivity index (χ1v) is 6.65. The number of hydrogen-bond donors (Lipinski definition) is 0. The van der Waals surface area contributed by atoms with Crippen LogP contribution < -0.4 is 4.74 Å². The van der Waals surface area contributed by atoms with E-state index in [2.05, 4.69) is 31.9 Å². The Hall–Kier alpha value is -0.550. The molecule has 3 nitrogen and oxygen atoms in total. The van der Waals surface area contributed by atoms with E-state index in [4.69, 9.17) is 9.47 Å². The lowest BCUT2D eigenvalue weighted by molar-refractivity contribution is 0.0525. The standard InChI is InChI=1S/C11H12Br2O3/c1-3-16-11(14)8-4-7(13)5-10(15-2)9(8)6-12/h4-5H,3,6H2,1-2H3. The minimum absolute atomic E-state index is 0.337. The number of methoxy groups -OCH3 is 1. The molecule has 0 atom stereocenters. The first kappa shape index (κ1) is 13.5. The van der Waals surface area contributed by atoms with E-state index in [1.165, 1.54) is 0 Å². The molecule has 0 unspecified atom stereocenters. The predicted molar refractivity (Wildman–Crippen MR) is 69.3 cm³/mol. The first-order valence-electron chi connectivity index (χ1n) is 4.73. The van der Waals surface area contributed by atoms with E-state index in [1.807, 2.05) is 6.07 Å². The zero-order chi connectivity index (χ0) is 12.1. The Morgan fingerprint density at radius 2 is 2.12 bits per heavy atom. The molecule has 0 aliphatic carbocycles. The van der Waals surface area contributed by atoms with Gasteiger partial charge < -0.3 is 9.47 Å². The highest BCUT2D eigenvalue weighted by molar-refractivity contribution is 9.10. The molecular formula is C11H12Br2O3. The monoisotopic (exact) mass is 350 g/mol. The van der Waals surface area contributed by atoms with Crippen LogP contribution in [0.5, 0.6) is 5.75 Å². The highest BCUT2D eigenvalue weighted by Crippen LogP contribution is 2.30. The molecule has 0 saturated heterocycles. The molecular weight excluding hydrogens is 340 g/mol. The van der Waals surface area contributed by atoms with Crippen molar-refractivity contribution in [3.05, 3.63) is 27.7 Å². The van der Waals surface area contributed by atoms with E-state index in [-0.39, 0.29) is 5.97 Å². The number of carbonyl (C=O) groups is 1. The average Bonchev–Trinajstić information content (AvgIpc) is 2.28. The van der Waals surface area contributed by atoms with Gasteiger partial charge in [-0.3, -0.25) is 0 Å². The second kappa shape index (κ2) is 6.25. The van der Waals surface area contributed by atoms with E-state index < -0.39 is 0 Å². The molecule has 0 heterocycles. The summed E-state index contributed by atoms with van der Waals surface area (Å²) >= 11 is 6.67. The molecule has 88 valence electrons. The first-order chi connectivity index (χ1) is 7.63. The summed E-state index contributed by atoms with van der Waals surface area (Å²) < 4.78 is 11.0. The Morgan fingerprint density at radius 3 is 2.62 bits per heavy atom. The molecule has 0 aromatic heterocycles. The summed E-state index contributed by atoms with van der Waals surface area (Å²) in [6.07, 6.45) is 0. The van der Waals surface area contributed by atoms with Gasteiger partial charge in [-0.15, -0.1) is 0 Å². The van der Waals surface area contributed by atoms with E-state index in [0.29, 0.717) is 23.2 Å². The van der Waals surface area contributed by atoms with Gasteiger partial charge in [0.2, 0.25) is 0 Å². The number of ether oxygens (including phenoxy) is 2. The van der Waals surface area contributed by atoms with Crippen molar-refractivity contribution < 1.29 is 14.3 Å². The average molecular weight is 352 g/mol. The third-order valence-electron chi connectivity index (χ3n) is 2.02. The van der Waals surface area contributed by atoms with E-state index in [1.54, 1.807) is 20.1 Å². The third kappa shape index (κ3) is 2.98. The van der Waals surface area contributed by atoms with Crippen LogP contribution in [-0.2, 0) is 10.1 Å². The van der Waals surface area contributed by atoms with Crippen molar-refractivity contribution >= 4 is 37.8 Å². The summed E-state index contributed by atoms with van der Waals surface area (Å²) in [7, 11) is 1.57. The summed E-state index contributed by atoms with van der Waals surface area (Å²) in [6, 6.07) is 3.55. The lowest BCUT2D eigenvalue weighted by Crippen LogP contribution is -2.08. The Kier molecular flexibility index (Phi) is 5.28. The second-order valence-electron chi connectivity index (χ2n) is 2.99. The van der Waals surface area contributed by atoms with Gasteiger partial charge in [0.05, 0.1) is 19.3 Å². The van der Waals surface area contributed by atoms with Gasteiger partial charge in [0.1, 0.15) is 5.75 Å². The van der Waals surface area contributed by atoms with Crippen LogP contribution in [-0.4, -0.2) is 19.7 Å². The number of benzene rings is 1. The van der Waals surface area contributed by atoms with Crippen LogP contribution in [0.2, 0.25) is 0 Å². The fourth-order valence-electron chi connectivity index (χ4n) is 1.32. The fraction of sp³-hybridized carbons (Fsp3) is 0.364. The smallest absolute Gasteiger partial charge is 0.338 e. The van der Waals surface area contributed by atoms with Crippen LogP contribution in [0.3, 0.4) is 0 Å². The van der Waals surface area contributed by atoms with Crippen LogP contribution in [0.4, 0.5) is 0 Å². The molecule has 1 aromatic carbocycles. The minimum Gasteiger partial charge on any atom is -0.496 e. The number of halogens is 2. The topological polar surface area (TPSA) is 35.5 Å². The Balaban J connectivity index is 3.24. The maximum absolute atomic E-state index is 11.7. The molecule has 0 spiro atoms. The van der Waals surface area contributed by atoms with Gasteiger partial charge in [-0.05, 0) is 19.1 Å². The van der Waals surface area contributed by atoms with Crippen LogP contribution in [0.1, 0.15) is 22.8 Å². The van der Waals surface area contributed by atoms with Crippen LogP contribution >= 0.6 is 31.9 Å². The van der Waals surface area contributed by atoms with Gasteiger partial charge in [-0.1, -0.05) is 31.9 Å². The summed E-state index contributed by atoms with van der Waals surface area (Å²) in [6.45, 7) is 2.14. The fourth-order valence-corrected chi connectivity index (χ4v) is 2.34. The number of rotatable bonds is 4. The van der Waals surface area contributed by atoms with Crippen molar-refractivity contribution in [3.8, 4) is 5.75 Å². The molecule has 16 heavy (non-hydrogen) atoms. The Labute approximate surface area is 111 Å². The Morgan fingerprint density at radius 1 is 1.44 bits per heavy atom. The molecule has 0 amide bonds. The van der Waals surface area contributed by atoms with Crippen molar-refractivity contribution in [2.75, 3.05) is 13.7 Å². The van der Waals surface area contributed by atoms with E-state index in [9.17, 15) is 4.79 Å². The highest BCUT2D eigenvalue weighted by Gasteiger charge is 2.17. The number of alkyl halides is 1. The van der Waals surface area contributed by atoms with E-state index >= 15 is 0 Å². The molecule has 1 aromatic rings. The lowest BCUT2D eigenvalue weighted by atomic mass is 10.1. The van der Waals surface area contributed by atoms with Gasteiger partial charge >= 0.3 is 5.97 Å². The molecule has 0 saturated carbocycles. The largest absolute Gasteiger partial charge is 0.496 e. The lowest BCUT2D eigenvalue weighted by Gasteiger charge is -2.12. The van der Waals surface area contributed by atoms with E-state index in [0.717, 1.165) is 10.0 Å². The number of carbonyl (C=O) groups excluding carboxylic acids is 1. The zero-order valence-corrected chi connectivity index (χ0v) is 12.2. The zero-order valence-electron chi connectivity index (χ0n) is 9.05. The van der Waals surface area contributed by atoms with Crippen molar-refractivity contribution in [1.82, 2.24) is 0 Å². The maximum Gasteiger partial charge on any atom is 0.338 e. The van der Waals surface area contributed by atoms with Gasteiger partial charge in [0, 0.05) is 15.4 Å². The SMILES string of the molecule is CCOC(=O)c1cc(Br)cc(OC)c1CBr. The quantitative estimate of drug-likeness (QED) is 0.615. The second-order valence-corrected chi connectivity index (χ2v) is 4.46.